The largest absolute Gasteiger partial charge is 0.457 e. The Bertz CT molecular complexity index is 616. The van der Waals surface area contributed by atoms with Crippen LogP contribution in [0, 0.1) is 11.3 Å². The fourth-order valence-electron chi connectivity index (χ4n) is 2.04. The number of nitrogens with zero attached hydrogens (tertiary/aromatic N) is 1. The number of nitriles is 1. The van der Waals surface area contributed by atoms with Gasteiger partial charge in [-0.25, -0.2) is 0 Å². The molecule has 3 heteroatoms. The summed E-state index contributed by atoms with van der Waals surface area (Å²) in [5.74, 6) is 1.46. The number of ether oxygens (including phenoxy) is 1. The number of rotatable bonds is 5. The first-order valence-electron chi connectivity index (χ1n) is 6.74. The van der Waals surface area contributed by atoms with E-state index in [0.717, 1.165) is 12.3 Å². The van der Waals surface area contributed by atoms with Crippen molar-refractivity contribution in [2.45, 2.75) is 19.9 Å². The Morgan fingerprint density at radius 1 is 1.15 bits per heavy atom. The summed E-state index contributed by atoms with van der Waals surface area (Å²) in [5, 5.41) is 12.3. The molecule has 20 heavy (non-hydrogen) atoms. The van der Waals surface area contributed by atoms with Crippen LogP contribution in [0.5, 0.6) is 11.5 Å². The van der Waals surface area contributed by atoms with E-state index in [1.54, 1.807) is 12.1 Å². The molecule has 0 heterocycles. The lowest BCUT2D eigenvalue weighted by Crippen LogP contribution is -2.17. The summed E-state index contributed by atoms with van der Waals surface area (Å²) in [5.41, 5.74) is 1.78. The highest BCUT2D eigenvalue weighted by atomic mass is 16.5. The normalized spacial score (nSPS) is 11.7. The van der Waals surface area contributed by atoms with Crippen molar-refractivity contribution in [3.63, 3.8) is 0 Å². The summed E-state index contributed by atoms with van der Waals surface area (Å²) >= 11 is 0. The second-order valence-electron chi connectivity index (χ2n) is 4.59. The topological polar surface area (TPSA) is 45.0 Å². The molecule has 0 aromatic heterocycles. The van der Waals surface area contributed by atoms with E-state index in [1.165, 1.54) is 5.56 Å². The van der Waals surface area contributed by atoms with Crippen molar-refractivity contribution < 1.29 is 4.74 Å². The molecule has 0 aliphatic heterocycles. The first-order chi connectivity index (χ1) is 9.72. The van der Waals surface area contributed by atoms with E-state index in [1.807, 2.05) is 30.3 Å². The molecule has 2 aromatic rings. The second kappa shape index (κ2) is 6.74. The van der Waals surface area contributed by atoms with Gasteiger partial charge >= 0.3 is 0 Å². The Morgan fingerprint density at radius 3 is 2.55 bits per heavy atom. The minimum atomic E-state index is 0.286. The van der Waals surface area contributed by atoms with Crippen LogP contribution in [0.4, 0.5) is 0 Å². The molecule has 0 bridgehead atoms. The van der Waals surface area contributed by atoms with Crippen LogP contribution >= 0.6 is 0 Å². The lowest BCUT2D eigenvalue weighted by atomic mass is 10.1. The van der Waals surface area contributed by atoms with Crippen molar-refractivity contribution in [3.05, 3.63) is 59.7 Å². The summed E-state index contributed by atoms with van der Waals surface area (Å²) in [6, 6.07) is 17.6. The summed E-state index contributed by atoms with van der Waals surface area (Å²) in [7, 11) is 0. The molecule has 0 saturated carbocycles. The van der Waals surface area contributed by atoms with E-state index in [4.69, 9.17) is 10.00 Å². The maximum Gasteiger partial charge on any atom is 0.128 e. The zero-order chi connectivity index (χ0) is 14.4. The molecule has 0 radical (unpaired) electrons. The van der Waals surface area contributed by atoms with Crippen molar-refractivity contribution in [1.29, 1.82) is 5.26 Å². The first kappa shape index (κ1) is 14.1. The van der Waals surface area contributed by atoms with Gasteiger partial charge in [0.05, 0.1) is 11.6 Å². The van der Waals surface area contributed by atoms with Crippen molar-refractivity contribution in [1.82, 2.24) is 5.32 Å². The molecule has 3 nitrogen and oxygen atoms in total. The Balaban J connectivity index is 2.17. The van der Waals surface area contributed by atoms with E-state index in [9.17, 15) is 0 Å². The average Bonchev–Trinajstić information content (AvgIpc) is 2.48. The highest BCUT2D eigenvalue weighted by Crippen LogP contribution is 2.25. The maximum absolute atomic E-state index is 8.89. The van der Waals surface area contributed by atoms with Crippen LogP contribution in [0.1, 0.15) is 31.0 Å². The third-order valence-electron chi connectivity index (χ3n) is 3.07. The molecule has 0 saturated heterocycles. The molecular weight excluding hydrogens is 248 g/mol. The van der Waals surface area contributed by atoms with Gasteiger partial charge in [-0.2, -0.15) is 5.26 Å². The summed E-state index contributed by atoms with van der Waals surface area (Å²) in [6.07, 6.45) is 0. The highest BCUT2D eigenvalue weighted by molar-refractivity contribution is 5.40. The molecule has 0 spiro atoms. The minimum Gasteiger partial charge on any atom is -0.457 e. The molecule has 1 unspecified atom stereocenters. The van der Waals surface area contributed by atoms with Crippen molar-refractivity contribution in [2.24, 2.45) is 0 Å². The third kappa shape index (κ3) is 3.59. The summed E-state index contributed by atoms with van der Waals surface area (Å²) < 4.78 is 5.81. The average molecular weight is 266 g/mol. The van der Waals surface area contributed by atoms with Crippen LogP contribution in [0.2, 0.25) is 0 Å². The minimum absolute atomic E-state index is 0.286. The number of hydrogen-bond donors (Lipinski definition) is 1. The third-order valence-corrected chi connectivity index (χ3v) is 3.07. The summed E-state index contributed by atoms with van der Waals surface area (Å²) in [4.78, 5) is 0. The van der Waals surface area contributed by atoms with Gasteiger partial charge in [-0.05, 0) is 49.4 Å². The molecule has 1 atom stereocenters. The first-order valence-corrected chi connectivity index (χ1v) is 6.74. The van der Waals surface area contributed by atoms with E-state index in [0.29, 0.717) is 11.3 Å². The molecule has 0 fully saturated rings. The van der Waals surface area contributed by atoms with Crippen molar-refractivity contribution >= 4 is 0 Å². The Morgan fingerprint density at radius 2 is 1.85 bits per heavy atom. The zero-order valence-corrected chi connectivity index (χ0v) is 11.8. The van der Waals surface area contributed by atoms with Gasteiger partial charge in [-0.15, -0.1) is 0 Å². The van der Waals surface area contributed by atoms with Crippen molar-refractivity contribution in [3.8, 4) is 17.6 Å². The van der Waals surface area contributed by atoms with Gasteiger partial charge in [0.2, 0.25) is 0 Å². The van der Waals surface area contributed by atoms with Crippen LogP contribution in [0.3, 0.4) is 0 Å². The van der Waals surface area contributed by atoms with Crippen LogP contribution in [0.15, 0.2) is 48.5 Å². The van der Waals surface area contributed by atoms with Gasteiger partial charge in [0.1, 0.15) is 11.5 Å². The molecular formula is C17H18N2O. The fourth-order valence-corrected chi connectivity index (χ4v) is 2.04. The Labute approximate surface area is 119 Å². The Kier molecular flexibility index (Phi) is 4.75. The molecule has 2 aromatic carbocycles. The van der Waals surface area contributed by atoms with Crippen LogP contribution in [-0.4, -0.2) is 6.54 Å². The fraction of sp³-hybridized carbons (Fsp3) is 0.235. The number of nitrogens with one attached hydrogen (secondary N) is 1. The quantitative estimate of drug-likeness (QED) is 0.889. The van der Waals surface area contributed by atoms with Gasteiger partial charge < -0.3 is 10.1 Å². The van der Waals surface area contributed by atoms with Crippen LogP contribution in [-0.2, 0) is 0 Å². The lowest BCUT2D eigenvalue weighted by Gasteiger charge is -2.14. The number of hydrogen-bond acceptors (Lipinski definition) is 3. The maximum atomic E-state index is 8.89. The van der Waals surface area contributed by atoms with Gasteiger partial charge in [0.15, 0.2) is 0 Å². The lowest BCUT2D eigenvalue weighted by molar-refractivity contribution is 0.480. The zero-order valence-electron chi connectivity index (χ0n) is 11.8. The van der Waals surface area contributed by atoms with E-state index < -0.39 is 0 Å². The van der Waals surface area contributed by atoms with E-state index >= 15 is 0 Å². The van der Waals surface area contributed by atoms with Gasteiger partial charge in [0.25, 0.3) is 0 Å². The highest BCUT2D eigenvalue weighted by Gasteiger charge is 2.05. The molecule has 1 N–H and O–H groups in total. The number of benzene rings is 2. The van der Waals surface area contributed by atoms with Gasteiger partial charge in [0, 0.05) is 6.04 Å². The van der Waals surface area contributed by atoms with Gasteiger partial charge in [-0.1, -0.05) is 25.1 Å². The van der Waals surface area contributed by atoms with Crippen molar-refractivity contribution in [2.75, 3.05) is 6.54 Å². The smallest absolute Gasteiger partial charge is 0.128 e. The SMILES string of the molecule is CCNC(C)c1cccc(Oc2cccc(C#N)c2)c1. The monoisotopic (exact) mass is 266 g/mol. The molecule has 0 aliphatic rings. The Hall–Kier alpha value is -2.31. The second-order valence-corrected chi connectivity index (χ2v) is 4.59. The molecule has 0 amide bonds. The molecule has 2 rings (SSSR count). The van der Waals surface area contributed by atoms with E-state index in [-0.39, 0.29) is 6.04 Å². The standard InChI is InChI=1S/C17H18N2O/c1-3-19-13(2)15-7-5-9-17(11-15)20-16-8-4-6-14(10-16)12-18/h4-11,13,19H,3H2,1-2H3. The van der Waals surface area contributed by atoms with Gasteiger partial charge in [-0.3, -0.25) is 0 Å². The van der Waals surface area contributed by atoms with Crippen LogP contribution in [0.25, 0.3) is 0 Å². The predicted molar refractivity (Wildman–Crippen MR) is 79.8 cm³/mol. The van der Waals surface area contributed by atoms with E-state index in [2.05, 4.69) is 31.3 Å². The van der Waals surface area contributed by atoms with Crippen LogP contribution < -0.4 is 10.1 Å². The predicted octanol–water partition coefficient (Wildman–Crippen LogP) is 4.02. The molecule has 102 valence electrons. The molecule has 0 aliphatic carbocycles. The summed E-state index contributed by atoms with van der Waals surface area (Å²) in [6.45, 7) is 5.14.